The normalized spacial score (nSPS) is 19.2. The second-order valence-corrected chi connectivity index (χ2v) is 70.4. The van der Waals surface area contributed by atoms with Crippen LogP contribution in [0.15, 0.2) is 101 Å². The number of rotatable bonds is 31. The van der Waals surface area contributed by atoms with E-state index in [4.69, 9.17) is 27.2 Å². The molecule has 0 aliphatic carbocycles. The van der Waals surface area contributed by atoms with Gasteiger partial charge in [-0.1, -0.05) is 160 Å². The maximum absolute atomic E-state index is 14.3. The van der Waals surface area contributed by atoms with Gasteiger partial charge in [-0.15, -0.1) is 0 Å². The summed E-state index contributed by atoms with van der Waals surface area (Å²) in [4.78, 5) is 121. The zero-order valence-electron chi connectivity index (χ0n) is 73.4. The molecule has 626 valence electrons. The molecule has 2 aromatic rings. The molecule has 3 aliphatic heterocycles. The number of fused-ring (bicyclic) bond motifs is 3. The molecule has 0 spiro atoms. The van der Waals surface area contributed by atoms with Crippen LogP contribution in [0, 0.1) is 23.7 Å². The van der Waals surface area contributed by atoms with Crippen molar-refractivity contribution in [2.45, 2.75) is 308 Å². The number of cyclic esters (lactones) is 1. The van der Waals surface area contributed by atoms with Crippen molar-refractivity contribution in [3.63, 3.8) is 0 Å². The number of oxazole rings is 2. The zero-order chi connectivity index (χ0) is 84.7. The first kappa shape index (κ1) is 98.9. The SMILES string of the molecule is CC1=C[C@@H](O[Si](C)(C)C(C)(C)C)CC(=O)Cc2nc(c([Si](C)(C)C)o2)C(=O)N2CCC=C2C(=O)O[C@H](C(C)C)[C@H](C)/C=C/C(=O)NCC=C1.CCC[CH2][Sn](/[CH]=C/CNC(=O)/C=C/[C@@H](C)[C@H](OC(=O)C1=CCCN1C(=O)c1nc(CC(=O)C[C@@H](/C=C(\C)Br)O[Si](C)(C)C(C)(C)C)oc1[Si](C)(C)C)C(C)C)([CH2]CCC)[CH2]CCC. The van der Waals surface area contributed by atoms with Crippen LogP contribution in [0.1, 0.15) is 215 Å². The maximum atomic E-state index is 14.3. The number of nitrogens with zero attached hydrogens (tertiary/aromatic N) is 4. The van der Waals surface area contributed by atoms with Gasteiger partial charge in [-0.2, -0.15) is 0 Å². The molecule has 5 rings (SSSR count). The Morgan fingerprint density at radius 3 is 1.96 bits per heavy atom. The van der Waals surface area contributed by atoms with E-state index in [1.54, 1.807) is 30.4 Å². The number of unbranched alkanes of at least 4 members (excludes halogenated alkanes) is 3. The van der Waals surface area contributed by atoms with Crippen molar-refractivity contribution in [3.8, 4) is 0 Å². The molecule has 20 nitrogen and oxygen atoms in total. The Morgan fingerprint density at radius 1 is 0.804 bits per heavy atom. The Kier molecular flexibility index (Phi) is 39.1. The van der Waals surface area contributed by atoms with Gasteiger partial charge in [0.1, 0.15) is 50.3 Å². The summed E-state index contributed by atoms with van der Waals surface area (Å²) in [7, 11) is -8.99. The molecular formula is C86H141BrN6O14Si4Sn. The number of allylic oxidation sites excluding steroid dienone is 3. The van der Waals surface area contributed by atoms with E-state index < -0.39 is 99.3 Å². The van der Waals surface area contributed by atoms with Crippen LogP contribution < -0.4 is 21.4 Å². The first-order chi connectivity index (χ1) is 51.9. The van der Waals surface area contributed by atoms with Gasteiger partial charge in [0, 0.05) is 38.4 Å². The van der Waals surface area contributed by atoms with Gasteiger partial charge in [0.2, 0.25) is 17.7 Å². The summed E-state index contributed by atoms with van der Waals surface area (Å²) >= 11 is 1.09. The standard InChI is InChI=1S/C37H57BrN3O7Si2.C37H57N3O7Si2.3C4H9.Sn/c1-14-19-39-30(43)18-17-25(4)33(24(2)3)47-35(45)29-16-15-20-41(29)34(44)32-36(49(9,10)11)46-31(40-32)23-27(42)22-28(21-26(5)38)48-50(12,13)37(6,7)8;1-24(2)33-26(4)17-18-30(42)38-19-13-15-25(3)21-28(47-49(11,12)37(5,6)7)22-27(41)23-31-39-32(36(45-31)48(8,9)10)34(43)40-20-14-16-29(40)35(44)46-33;3*1-3-4-2;/h1,14,16-18,21,24-25,28,33H,15,19-20,22-23H2,2-13H3,(H,39,43);13,15-18,21,24,26,28,33H,14,19-20,22-23H2,1-12H3,(H,38,42);3*1,3-4H2,2H3;/b14-1?,18-17+,26-21+;15-13?,18-17+,25-21?;;;;/t25-,28-,33-;26-,28-,33-;;;;/m11..../s1. The molecule has 5 heterocycles. The van der Waals surface area contributed by atoms with Crippen molar-refractivity contribution in [2.75, 3.05) is 26.2 Å². The Hall–Kier alpha value is -5.43. The van der Waals surface area contributed by atoms with Crippen LogP contribution in [-0.2, 0) is 59.9 Å². The summed E-state index contributed by atoms with van der Waals surface area (Å²) in [6.07, 6.45) is 26.4. The second-order valence-electron chi connectivity index (χ2n) is 36.7. The van der Waals surface area contributed by atoms with Crippen LogP contribution >= 0.6 is 15.9 Å². The molecule has 0 unspecified atom stereocenters. The van der Waals surface area contributed by atoms with Crippen LogP contribution in [0.25, 0.3) is 0 Å². The molecule has 3 aliphatic rings. The molecule has 0 radical (unpaired) electrons. The Bertz CT molecular complexity index is 3770. The first-order valence-corrected chi connectivity index (χ1v) is 62.4. The topological polar surface area (TPSA) is 256 Å². The molecule has 0 aromatic carbocycles. The summed E-state index contributed by atoms with van der Waals surface area (Å²) in [6, 6.07) is 0. The van der Waals surface area contributed by atoms with Gasteiger partial charge < -0.3 is 37.5 Å². The number of nitrogens with one attached hydrogen (secondary N) is 2. The van der Waals surface area contributed by atoms with E-state index in [1.165, 1.54) is 67.7 Å². The minimum absolute atomic E-state index is 0.0344. The third-order valence-electron chi connectivity index (χ3n) is 21.6. The fourth-order valence-corrected chi connectivity index (χ4v) is 33.1. The average molecular weight is 1790 g/mol. The minimum atomic E-state index is -2.43. The number of ketones is 2. The molecule has 0 saturated carbocycles. The molecule has 26 heteroatoms. The predicted octanol–water partition coefficient (Wildman–Crippen LogP) is 18.2. The molecule has 0 fully saturated rings. The van der Waals surface area contributed by atoms with Crippen LogP contribution in [0.4, 0.5) is 0 Å². The molecule has 0 saturated heterocycles. The summed E-state index contributed by atoms with van der Waals surface area (Å²) in [5.41, 5.74) is 1.49. The van der Waals surface area contributed by atoms with E-state index in [1.807, 2.05) is 99.3 Å². The predicted molar refractivity (Wildman–Crippen MR) is 469 cm³/mol. The van der Waals surface area contributed by atoms with Gasteiger partial charge in [0.25, 0.3) is 11.8 Å². The van der Waals surface area contributed by atoms with Crippen molar-refractivity contribution >= 4 is 125 Å². The van der Waals surface area contributed by atoms with Gasteiger partial charge in [-0.25, -0.2) is 14.8 Å². The fraction of sp³-hybridized carbons (Fsp3) is 0.651. The second kappa shape index (κ2) is 44.2. The molecule has 112 heavy (non-hydrogen) atoms. The van der Waals surface area contributed by atoms with Gasteiger partial charge in [0.05, 0.1) is 25.0 Å². The van der Waals surface area contributed by atoms with Crippen LogP contribution in [0.5, 0.6) is 0 Å². The van der Waals surface area contributed by atoms with Gasteiger partial charge in [-0.05, 0) is 85.5 Å². The monoisotopic (exact) mass is 1790 g/mol. The number of halogens is 1. The summed E-state index contributed by atoms with van der Waals surface area (Å²) in [5.74, 6) is -3.08. The van der Waals surface area contributed by atoms with Crippen molar-refractivity contribution in [1.29, 1.82) is 0 Å². The summed E-state index contributed by atoms with van der Waals surface area (Å²) in [5, 5.41) is 6.76. The van der Waals surface area contributed by atoms with E-state index in [0.717, 1.165) is 10.1 Å². The van der Waals surface area contributed by atoms with Crippen LogP contribution in [-0.4, -0.2) is 169 Å². The van der Waals surface area contributed by atoms with E-state index >= 15 is 0 Å². The number of aromatic nitrogens is 2. The molecule has 2 aromatic heterocycles. The van der Waals surface area contributed by atoms with Crippen LogP contribution in [0.3, 0.4) is 0 Å². The average Bonchev–Trinajstić information content (AvgIpc) is 1.63. The van der Waals surface area contributed by atoms with Crippen molar-refractivity contribution in [1.82, 2.24) is 30.4 Å². The van der Waals surface area contributed by atoms with Gasteiger partial charge >= 0.3 is 202 Å². The van der Waals surface area contributed by atoms with Crippen molar-refractivity contribution in [2.24, 2.45) is 23.7 Å². The number of hydrogen-bond donors (Lipinski definition) is 2. The number of hydrogen-bond acceptors (Lipinski definition) is 16. The first-order valence-electron chi connectivity index (χ1n) is 41.1. The van der Waals surface area contributed by atoms with Gasteiger partial charge in [0.15, 0.2) is 28.0 Å². The third kappa shape index (κ3) is 30.9. The molecular weight excluding hydrogens is 1650 g/mol. The number of ether oxygens (including phenoxy) is 2. The Labute approximate surface area is 689 Å². The van der Waals surface area contributed by atoms with E-state index in [2.05, 4.69) is 155 Å². The van der Waals surface area contributed by atoms with Crippen molar-refractivity contribution in [3.05, 3.63) is 116 Å². The summed E-state index contributed by atoms with van der Waals surface area (Å²) < 4.78 is 45.5. The Balaban J connectivity index is 0.000000487. The third-order valence-corrected chi connectivity index (χ3v) is 48.5. The number of Topliss-reactive ketones (excluding diaryl/α,β-unsaturated/α-hetero) is 2. The molecule has 6 atom stereocenters. The number of esters is 2. The zero-order valence-corrected chi connectivity index (χ0v) is 81.8. The van der Waals surface area contributed by atoms with E-state index in [9.17, 15) is 38.4 Å². The fourth-order valence-electron chi connectivity index (χ4n) is 13.3. The molecule has 2 N–H and O–H groups in total. The summed E-state index contributed by atoms with van der Waals surface area (Å²) in [6.45, 7) is 57.6. The van der Waals surface area contributed by atoms with Crippen molar-refractivity contribution < 1.29 is 65.5 Å². The van der Waals surface area contributed by atoms with E-state index in [0.29, 0.717) is 43.2 Å². The molecule has 4 amide bonds. The van der Waals surface area contributed by atoms with E-state index in [-0.39, 0.29) is 124 Å². The number of carbonyl (C=O) groups is 8. The number of carbonyl (C=O) groups excluding carboxylic acids is 8. The number of amides is 4. The van der Waals surface area contributed by atoms with Gasteiger partial charge in [-0.3, -0.25) is 24.0 Å². The van der Waals surface area contributed by atoms with Crippen LogP contribution in [0.2, 0.25) is 88.9 Å². The quantitative estimate of drug-likeness (QED) is 0.0404. The molecule has 2 bridgehead atoms. The Morgan fingerprint density at radius 2 is 1.40 bits per heavy atom.